The third-order valence-corrected chi connectivity index (χ3v) is 5.33. The van der Waals surface area contributed by atoms with Crippen molar-refractivity contribution in [3.8, 4) is 11.5 Å². The van der Waals surface area contributed by atoms with Gasteiger partial charge >= 0.3 is 0 Å². The zero-order valence-corrected chi connectivity index (χ0v) is 16.0. The van der Waals surface area contributed by atoms with E-state index >= 15 is 0 Å². The molecule has 0 bridgehead atoms. The van der Waals surface area contributed by atoms with E-state index in [1.807, 2.05) is 0 Å². The van der Waals surface area contributed by atoms with Crippen LogP contribution >= 0.6 is 15.9 Å². The first-order chi connectivity index (χ1) is 11.9. The summed E-state index contributed by atoms with van der Waals surface area (Å²) in [6.45, 7) is -0.405. The van der Waals surface area contributed by atoms with Crippen molar-refractivity contribution in [2.24, 2.45) is 0 Å². The highest BCUT2D eigenvalue weighted by Crippen LogP contribution is 2.29. The van der Waals surface area contributed by atoms with E-state index < -0.39 is 22.5 Å². The number of benzene rings is 2. The summed E-state index contributed by atoms with van der Waals surface area (Å²) in [5.74, 6) is 0.201. The summed E-state index contributed by atoms with van der Waals surface area (Å²) in [5.41, 5.74) is 0.554. The van der Waals surface area contributed by atoms with Crippen LogP contribution in [0.4, 0.5) is 5.69 Å². The van der Waals surface area contributed by atoms with Crippen molar-refractivity contribution in [3.05, 3.63) is 46.9 Å². The highest BCUT2D eigenvalue weighted by atomic mass is 79.9. The van der Waals surface area contributed by atoms with Crippen molar-refractivity contribution < 1.29 is 22.7 Å². The molecule has 2 aromatic rings. The molecular formula is C16H17BrN2O5S. The highest BCUT2D eigenvalue weighted by molar-refractivity contribution is 9.10. The van der Waals surface area contributed by atoms with Gasteiger partial charge in [-0.3, -0.25) is 4.79 Å². The zero-order valence-electron chi connectivity index (χ0n) is 13.6. The molecule has 2 aromatic carbocycles. The molecule has 0 fully saturated rings. The molecule has 0 atom stereocenters. The number of anilines is 1. The van der Waals surface area contributed by atoms with Crippen molar-refractivity contribution in [1.82, 2.24) is 4.72 Å². The van der Waals surface area contributed by atoms with Crippen molar-refractivity contribution in [2.45, 2.75) is 4.90 Å². The summed E-state index contributed by atoms with van der Waals surface area (Å²) >= 11 is 3.30. The second kappa shape index (κ2) is 8.32. The van der Waals surface area contributed by atoms with Crippen molar-refractivity contribution in [1.29, 1.82) is 0 Å². The molecule has 9 heteroatoms. The lowest BCUT2D eigenvalue weighted by molar-refractivity contribution is -0.115. The standard InChI is InChI=1S/C16H17BrN2O5S/c1-23-14-8-7-11(9-15(14)24-2)25(21,22)18-10-16(20)19-13-6-4-3-5-12(13)17/h3-9,18H,10H2,1-2H3,(H,19,20). The van der Waals surface area contributed by atoms with Gasteiger partial charge in [0.05, 0.1) is 31.3 Å². The highest BCUT2D eigenvalue weighted by Gasteiger charge is 2.18. The van der Waals surface area contributed by atoms with Crippen LogP contribution in [0.25, 0.3) is 0 Å². The van der Waals surface area contributed by atoms with Crippen LogP contribution < -0.4 is 19.5 Å². The molecule has 0 aliphatic heterocycles. The van der Waals surface area contributed by atoms with Gasteiger partial charge in [-0.1, -0.05) is 12.1 Å². The number of halogens is 1. The Labute approximate surface area is 154 Å². The molecule has 2 N–H and O–H groups in total. The SMILES string of the molecule is COc1ccc(S(=O)(=O)NCC(=O)Nc2ccccc2Br)cc1OC. The molecular weight excluding hydrogens is 412 g/mol. The van der Waals surface area contributed by atoms with E-state index in [9.17, 15) is 13.2 Å². The van der Waals surface area contributed by atoms with Crippen molar-refractivity contribution in [2.75, 3.05) is 26.1 Å². The first kappa shape index (κ1) is 19.2. The number of sulfonamides is 1. The number of nitrogens with one attached hydrogen (secondary N) is 2. The average molecular weight is 429 g/mol. The summed E-state index contributed by atoms with van der Waals surface area (Å²) in [6, 6.07) is 11.2. The molecule has 25 heavy (non-hydrogen) atoms. The lowest BCUT2D eigenvalue weighted by Gasteiger charge is -2.11. The van der Waals surface area contributed by atoms with E-state index in [0.717, 1.165) is 0 Å². The van der Waals surface area contributed by atoms with Crippen LogP contribution in [0, 0.1) is 0 Å². The quantitative estimate of drug-likeness (QED) is 0.705. The molecule has 1 amide bonds. The Bertz CT molecular complexity index is 871. The molecule has 0 radical (unpaired) electrons. The Kier molecular flexibility index (Phi) is 6.40. The number of hydrogen-bond acceptors (Lipinski definition) is 5. The molecule has 0 spiro atoms. The largest absolute Gasteiger partial charge is 0.493 e. The number of amides is 1. The smallest absolute Gasteiger partial charge is 0.241 e. The first-order valence-electron chi connectivity index (χ1n) is 7.13. The third-order valence-electron chi connectivity index (χ3n) is 3.24. The van der Waals surface area contributed by atoms with Crippen LogP contribution in [0.3, 0.4) is 0 Å². The van der Waals surface area contributed by atoms with E-state index in [2.05, 4.69) is 26.0 Å². The Morgan fingerprint density at radius 1 is 1.08 bits per heavy atom. The number of ether oxygens (including phenoxy) is 2. The fourth-order valence-electron chi connectivity index (χ4n) is 1.98. The first-order valence-corrected chi connectivity index (χ1v) is 9.41. The predicted molar refractivity (Wildman–Crippen MR) is 97.5 cm³/mol. The Morgan fingerprint density at radius 2 is 1.76 bits per heavy atom. The Balaban J connectivity index is 2.06. The predicted octanol–water partition coefficient (Wildman–Crippen LogP) is 2.38. The third kappa shape index (κ3) is 4.94. The van der Waals surface area contributed by atoms with Crippen LogP contribution in [-0.2, 0) is 14.8 Å². The molecule has 0 heterocycles. The molecule has 0 unspecified atom stereocenters. The van der Waals surface area contributed by atoms with E-state index in [0.29, 0.717) is 15.9 Å². The van der Waals surface area contributed by atoms with E-state index in [1.54, 1.807) is 24.3 Å². The van der Waals surface area contributed by atoms with Crippen LogP contribution in [0.1, 0.15) is 0 Å². The second-order valence-corrected chi connectivity index (χ2v) is 7.49. The normalized spacial score (nSPS) is 11.0. The lowest BCUT2D eigenvalue weighted by Crippen LogP contribution is -2.33. The maximum absolute atomic E-state index is 12.3. The molecule has 0 aliphatic rings. The van der Waals surface area contributed by atoms with Crippen molar-refractivity contribution in [3.63, 3.8) is 0 Å². The summed E-state index contributed by atoms with van der Waals surface area (Å²) < 4.78 is 37.8. The number of para-hydroxylation sites is 1. The van der Waals surface area contributed by atoms with Gasteiger partial charge in [-0.05, 0) is 40.2 Å². The van der Waals surface area contributed by atoms with Gasteiger partial charge in [0.25, 0.3) is 0 Å². The molecule has 0 saturated carbocycles. The summed E-state index contributed by atoms with van der Waals surface area (Å²) in [4.78, 5) is 11.9. The molecule has 0 aliphatic carbocycles. The van der Waals surface area contributed by atoms with Gasteiger partial charge in [-0.25, -0.2) is 13.1 Å². The van der Waals surface area contributed by atoms with Crippen LogP contribution in [-0.4, -0.2) is 35.1 Å². The van der Waals surface area contributed by atoms with Gasteiger partial charge in [0, 0.05) is 10.5 Å². The Hall–Kier alpha value is -2.10. The zero-order chi connectivity index (χ0) is 18.4. The van der Waals surface area contributed by atoms with Gasteiger partial charge < -0.3 is 14.8 Å². The fourth-order valence-corrected chi connectivity index (χ4v) is 3.37. The van der Waals surface area contributed by atoms with Crippen LogP contribution in [0.5, 0.6) is 11.5 Å². The number of rotatable bonds is 7. The van der Waals surface area contributed by atoms with Gasteiger partial charge in [0.15, 0.2) is 11.5 Å². The summed E-state index contributed by atoms with van der Waals surface area (Å²) in [5, 5.41) is 2.62. The van der Waals surface area contributed by atoms with E-state index in [1.165, 1.54) is 32.4 Å². The van der Waals surface area contributed by atoms with Gasteiger partial charge in [-0.2, -0.15) is 0 Å². The number of methoxy groups -OCH3 is 2. The van der Waals surface area contributed by atoms with Gasteiger partial charge in [0.2, 0.25) is 15.9 Å². The average Bonchev–Trinajstić information content (AvgIpc) is 2.61. The number of carbonyl (C=O) groups is 1. The van der Waals surface area contributed by atoms with Crippen LogP contribution in [0.2, 0.25) is 0 Å². The summed E-state index contributed by atoms with van der Waals surface area (Å²) in [6.07, 6.45) is 0. The minimum Gasteiger partial charge on any atom is -0.493 e. The number of hydrogen-bond donors (Lipinski definition) is 2. The molecule has 7 nitrogen and oxygen atoms in total. The minimum atomic E-state index is -3.87. The molecule has 134 valence electrons. The van der Waals surface area contributed by atoms with E-state index in [4.69, 9.17) is 9.47 Å². The fraction of sp³-hybridized carbons (Fsp3) is 0.188. The van der Waals surface area contributed by atoms with Gasteiger partial charge in [-0.15, -0.1) is 0 Å². The molecule has 0 aromatic heterocycles. The molecule has 2 rings (SSSR count). The van der Waals surface area contributed by atoms with Crippen LogP contribution in [0.15, 0.2) is 51.8 Å². The van der Waals surface area contributed by atoms with E-state index in [-0.39, 0.29) is 10.6 Å². The maximum Gasteiger partial charge on any atom is 0.241 e. The maximum atomic E-state index is 12.3. The summed E-state index contributed by atoms with van der Waals surface area (Å²) in [7, 11) is -1.01. The Morgan fingerprint density at radius 3 is 2.40 bits per heavy atom. The van der Waals surface area contributed by atoms with Gasteiger partial charge in [0.1, 0.15) is 0 Å². The topological polar surface area (TPSA) is 93.7 Å². The minimum absolute atomic E-state index is 0.0289. The second-order valence-electron chi connectivity index (χ2n) is 4.87. The monoisotopic (exact) mass is 428 g/mol. The number of carbonyl (C=O) groups excluding carboxylic acids is 1. The van der Waals surface area contributed by atoms with Crippen molar-refractivity contribution >= 4 is 37.5 Å². The lowest BCUT2D eigenvalue weighted by atomic mass is 10.3. The molecule has 0 saturated heterocycles.